The van der Waals surface area contributed by atoms with Crippen molar-refractivity contribution in [2.24, 2.45) is 0 Å². The first-order valence-corrected chi connectivity index (χ1v) is 10.6. The number of ether oxygens (including phenoxy) is 2. The van der Waals surface area contributed by atoms with Crippen molar-refractivity contribution in [2.75, 3.05) is 26.3 Å². The van der Waals surface area contributed by atoms with E-state index >= 15 is 0 Å². The van der Waals surface area contributed by atoms with Crippen LogP contribution in [0.4, 0.5) is 0 Å². The second-order valence-corrected chi connectivity index (χ2v) is 7.98. The van der Waals surface area contributed by atoms with E-state index in [0.29, 0.717) is 19.3 Å². The number of fused-ring (bicyclic) bond motifs is 1. The highest BCUT2D eigenvalue weighted by atomic mass is 16.6. The molecule has 2 aliphatic rings. The molecule has 0 saturated carbocycles. The number of rotatable bonds is 4. The van der Waals surface area contributed by atoms with Gasteiger partial charge in [0.05, 0.1) is 0 Å². The minimum Gasteiger partial charge on any atom is -0.486 e. The van der Waals surface area contributed by atoms with Gasteiger partial charge < -0.3 is 9.47 Å². The summed E-state index contributed by atoms with van der Waals surface area (Å²) < 4.78 is 11.3. The summed E-state index contributed by atoms with van der Waals surface area (Å²) in [6.45, 7) is 6.01. The number of hydrogen-bond acceptors (Lipinski definition) is 3. The van der Waals surface area contributed by atoms with Gasteiger partial charge in [0.2, 0.25) is 0 Å². The van der Waals surface area contributed by atoms with Crippen LogP contribution in [-0.4, -0.2) is 31.2 Å². The molecule has 0 aromatic heterocycles. The van der Waals surface area contributed by atoms with Gasteiger partial charge in [-0.15, -0.1) is 0 Å². The van der Waals surface area contributed by atoms with Crippen molar-refractivity contribution in [3.8, 4) is 33.8 Å². The van der Waals surface area contributed by atoms with Crippen LogP contribution in [0.25, 0.3) is 22.3 Å². The van der Waals surface area contributed by atoms with E-state index in [9.17, 15) is 0 Å². The molecular weight excluding hydrogens is 358 g/mol. The van der Waals surface area contributed by atoms with Gasteiger partial charge in [0.25, 0.3) is 0 Å². The molecule has 0 radical (unpaired) electrons. The molecule has 1 fully saturated rings. The van der Waals surface area contributed by atoms with Crippen LogP contribution >= 0.6 is 0 Å². The quantitative estimate of drug-likeness (QED) is 0.554. The standard InChI is InChI=1S/C26H27NO2/c1-19(27-14-2-3-15-27)20-4-6-21(7-5-20)22-8-10-23(11-9-22)24-12-13-25-26(18-24)29-17-16-28-25/h4-13,18-19H,2-3,14-17H2,1H3. The molecule has 1 saturated heterocycles. The van der Waals surface area contributed by atoms with Crippen LogP contribution in [0.3, 0.4) is 0 Å². The molecule has 5 rings (SSSR count). The molecule has 1 atom stereocenters. The Morgan fingerprint density at radius 1 is 0.655 bits per heavy atom. The Balaban J connectivity index is 1.33. The zero-order valence-electron chi connectivity index (χ0n) is 16.9. The summed E-state index contributed by atoms with van der Waals surface area (Å²) in [5.74, 6) is 1.67. The molecule has 0 aliphatic carbocycles. The smallest absolute Gasteiger partial charge is 0.161 e. The molecule has 3 heteroatoms. The zero-order chi connectivity index (χ0) is 19.6. The molecule has 2 aliphatic heterocycles. The van der Waals surface area contributed by atoms with Crippen LogP contribution in [-0.2, 0) is 0 Å². The molecule has 0 N–H and O–H groups in total. The maximum atomic E-state index is 5.72. The predicted molar refractivity (Wildman–Crippen MR) is 118 cm³/mol. The van der Waals surface area contributed by atoms with Crippen molar-refractivity contribution in [3.05, 3.63) is 72.3 Å². The Kier molecular flexibility index (Phi) is 4.99. The van der Waals surface area contributed by atoms with Gasteiger partial charge in [-0.1, -0.05) is 54.6 Å². The third-order valence-electron chi connectivity index (χ3n) is 6.18. The van der Waals surface area contributed by atoms with Gasteiger partial charge in [0.1, 0.15) is 13.2 Å². The second-order valence-electron chi connectivity index (χ2n) is 7.98. The molecule has 3 aromatic carbocycles. The van der Waals surface area contributed by atoms with Gasteiger partial charge in [-0.05, 0) is 72.8 Å². The molecule has 148 valence electrons. The summed E-state index contributed by atoms with van der Waals surface area (Å²) in [6, 6.07) is 24.5. The molecule has 0 bridgehead atoms. The lowest BCUT2D eigenvalue weighted by Gasteiger charge is -2.24. The number of nitrogens with zero attached hydrogens (tertiary/aromatic N) is 1. The summed E-state index contributed by atoms with van der Waals surface area (Å²) in [4.78, 5) is 2.58. The second kappa shape index (κ2) is 7.92. The fourth-order valence-corrected chi connectivity index (χ4v) is 4.37. The third kappa shape index (κ3) is 3.75. The van der Waals surface area contributed by atoms with Crippen molar-refractivity contribution >= 4 is 0 Å². The number of hydrogen-bond donors (Lipinski definition) is 0. The van der Waals surface area contributed by atoms with Crippen molar-refractivity contribution in [2.45, 2.75) is 25.8 Å². The van der Waals surface area contributed by atoms with E-state index in [2.05, 4.69) is 72.5 Å². The average Bonchev–Trinajstić information content (AvgIpc) is 3.33. The van der Waals surface area contributed by atoms with Crippen molar-refractivity contribution in [1.29, 1.82) is 0 Å². The predicted octanol–water partition coefficient (Wildman–Crippen LogP) is 5.95. The maximum Gasteiger partial charge on any atom is 0.161 e. The molecule has 0 spiro atoms. The van der Waals surface area contributed by atoms with Gasteiger partial charge in [-0.3, -0.25) is 4.90 Å². The monoisotopic (exact) mass is 385 g/mol. The van der Waals surface area contributed by atoms with Crippen LogP contribution in [0, 0.1) is 0 Å². The van der Waals surface area contributed by atoms with Crippen molar-refractivity contribution < 1.29 is 9.47 Å². The largest absolute Gasteiger partial charge is 0.486 e. The summed E-state index contributed by atoms with van der Waals surface area (Å²) in [7, 11) is 0. The maximum absolute atomic E-state index is 5.72. The van der Waals surface area contributed by atoms with E-state index in [1.165, 1.54) is 48.2 Å². The normalized spacial score (nSPS) is 17.3. The SMILES string of the molecule is CC(c1ccc(-c2ccc(-c3ccc4c(c3)OCCO4)cc2)cc1)N1CCCC1. The summed E-state index contributed by atoms with van der Waals surface area (Å²) in [6.07, 6.45) is 2.66. The Hall–Kier alpha value is -2.78. The van der Waals surface area contributed by atoms with Crippen LogP contribution in [0.5, 0.6) is 11.5 Å². The molecule has 0 amide bonds. The van der Waals surface area contributed by atoms with Gasteiger partial charge in [0.15, 0.2) is 11.5 Å². The number of likely N-dealkylation sites (tertiary alicyclic amines) is 1. The van der Waals surface area contributed by atoms with Gasteiger partial charge in [0, 0.05) is 6.04 Å². The lowest BCUT2D eigenvalue weighted by Crippen LogP contribution is -2.23. The summed E-state index contributed by atoms with van der Waals surface area (Å²) in [5, 5.41) is 0. The Morgan fingerprint density at radius 2 is 1.17 bits per heavy atom. The highest BCUT2D eigenvalue weighted by molar-refractivity contribution is 5.72. The molecule has 29 heavy (non-hydrogen) atoms. The fraction of sp³-hybridized carbons (Fsp3) is 0.308. The van der Waals surface area contributed by atoms with E-state index in [0.717, 1.165) is 17.1 Å². The number of benzene rings is 3. The molecular formula is C26H27NO2. The Morgan fingerprint density at radius 3 is 1.83 bits per heavy atom. The first kappa shape index (κ1) is 18.3. The minimum atomic E-state index is 0.504. The van der Waals surface area contributed by atoms with Crippen LogP contribution in [0.1, 0.15) is 31.4 Å². The fourth-order valence-electron chi connectivity index (χ4n) is 4.37. The van der Waals surface area contributed by atoms with Crippen LogP contribution in [0.15, 0.2) is 66.7 Å². The van der Waals surface area contributed by atoms with E-state index < -0.39 is 0 Å². The topological polar surface area (TPSA) is 21.7 Å². The molecule has 3 nitrogen and oxygen atoms in total. The first-order valence-electron chi connectivity index (χ1n) is 10.6. The van der Waals surface area contributed by atoms with E-state index in [1.54, 1.807) is 0 Å². The van der Waals surface area contributed by atoms with E-state index in [4.69, 9.17) is 9.47 Å². The molecule has 2 heterocycles. The van der Waals surface area contributed by atoms with Gasteiger partial charge in [-0.2, -0.15) is 0 Å². The lowest BCUT2D eigenvalue weighted by molar-refractivity contribution is 0.171. The highest BCUT2D eigenvalue weighted by Gasteiger charge is 2.19. The molecule has 1 unspecified atom stereocenters. The van der Waals surface area contributed by atoms with Crippen LogP contribution in [0.2, 0.25) is 0 Å². The lowest BCUT2D eigenvalue weighted by atomic mass is 9.98. The minimum absolute atomic E-state index is 0.504. The van der Waals surface area contributed by atoms with Crippen LogP contribution < -0.4 is 9.47 Å². The van der Waals surface area contributed by atoms with Crippen molar-refractivity contribution in [3.63, 3.8) is 0 Å². The Labute approximate surface area is 172 Å². The van der Waals surface area contributed by atoms with Gasteiger partial charge >= 0.3 is 0 Å². The van der Waals surface area contributed by atoms with Gasteiger partial charge in [-0.25, -0.2) is 0 Å². The summed E-state index contributed by atoms with van der Waals surface area (Å²) in [5.41, 5.74) is 6.24. The zero-order valence-corrected chi connectivity index (χ0v) is 16.9. The first-order chi connectivity index (χ1) is 14.3. The molecule has 3 aromatic rings. The third-order valence-corrected chi connectivity index (χ3v) is 6.18. The van der Waals surface area contributed by atoms with Crippen molar-refractivity contribution in [1.82, 2.24) is 4.90 Å². The Bertz CT molecular complexity index is 973. The van der Waals surface area contributed by atoms with E-state index in [1.807, 2.05) is 6.07 Å². The average molecular weight is 386 g/mol. The highest BCUT2D eigenvalue weighted by Crippen LogP contribution is 2.35. The van der Waals surface area contributed by atoms with E-state index in [-0.39, 0.29) is 0 Å². The summed E-state index contributed by atoms with van der Waals surface area (Å²) >= 11 is 0.